The van der Waals surface area contributed by atoms with Gasteiger partial charge in [0.15, 0.2) is 0 Å². The van der Waals surface area contributed by atoms with Crippen molar-refractivity contribution in [3.63, 3.8) is 0 Å². The summed E-state index contributed by atoms with van der Waals surface area (Å²) in [5, 5.41) is 41.7. The molecule has 0 bridgehead atoms. The van der Waals surface area contributed by atoms with Crippen LogP contribution in [0.5, 0.6) is 5.75 Å². The van der Waals surface area contributed by atoms with Crippen LogP contribution in [-0.4, -0.2) is 63.5 Å². The van der Waals surface area contributed by atoms with Crippen LogP contribution in [0.1, 0.15) is 22.2 Å². The zero-order valence-corrected chi connectivity index (χ0v) is 18.8. The Hall–Kier alpha value is -2.04. The Kier molecular flexibility index (Phi) is 7.11. The van der Waals surface area contributed by atoms with Crippen LogP contribution in [0.4, 0.5) is 0 Å². The molecule has 1 aliphatic heterocycles. The Bertz CT molecular complexity index is 1060. The normalized spacial score (nSPS) is 25.6. The second kappa shape index (κ2) is 9.84. The van der Waals surface area contributed by atoms with E-state index in [0.717, 1.165) is 21.0 Å². The average Bonchev–Trinajstić information content (AvgIpc) is 3.28. The topological polar surface area (TPSA) is 112 Å². The van der Waals surface area contributed by atoms with E-state index in [4.69, 9.17) is 21.1 Å². The predicted molar refractivity (Wildman–Crippen MR) is 121 cm³/mol. The second-order valence-electron chi connectivity index (χ2n) is 7.60. The van der Waals surface area contributed by atoms with Crippen LogP contribution < -0.4 is 4.74 Å². The maximum absolute atomic E-state index is 10.6. The quantitative estimate of drug-likeness (QED) is 0.431. The van der Waals surface area contributed by atoms with Crippen molar-refractivity contribution in [1.29, 1.82) is 0 Å². The highest BCUT2D eigenvalue weighted by molar-refractivity contribution is 7.15. The van der Waals surface area contributed by atoms with Crippen LogP contribution in [0.15, 0.2) is 48.7 Å². The molecule has 4 rings (SSSR count). The summed E-state index contributed by atoms with van der Waals surface area (Å²) in [5.74, 6) is 0.368. The Labute approximate surface area is 194 Å². The molecule has 7 nitrogen and oxygen atoms in total. The number of aliphatic hydroxyl groups excluding tert-OH is 4. The first-order valence-corrected chi connectivity index (χ1v) is 11.3. The van der Waals surface area contributed by atoms with Gasteiger partial charge in [0.2, 0.25) is 0 Å². The van der Waals surface area contributed by atoms with Gasteiger partial charge in [-0.15, -0.1) is 11.3 Å². The van der Waals surface area contributed by atoms with E-state index in [1.54, 1.807) is 23.5 Å². The van der Waals surface area contributed by atoms with Crippen LogP contribution in [0.25, 0.3) is 10.4 Å². The molecule has 0 radical (unpaired) electrons. The van der Waals surface area contributed by atoms with Crippen molar-refractivity contribution in [2.45, 2.75) is 36.9 Å². The molecule has 4 N–H and O–H groups in total. The third kappa shape index (κ3) is 4.53. The van der Waals surface area contributed by atoms with Crippen molar-refractivity contribution >= 4 is 22.9 Å². The number of ether oxygens (including phenoxy) is 2. The van der Waals surface area contributed by atoms with Crippen molar-refractivity contribution in [2.75, 3.05) is 13.7 Å². The van der Waals surface area contributed by atoms with Gasteiger partial charge in [0.1, 0.15) is 36.3 Å². The van der Waals surface area contributed by atoms with Gasteiger partial charge in [-0.3, -0.25) is 0 Å². The van der Waals surface area contributed by atoms with E-state index in [0.29, 0.717) is 22.8 Å². The Morgan fingerprint density at radius 2 is 1.84 bits per heavy atom. The lowest BCUT2D eigenvalue weighted by Crippen LogP contribution is -2.55. The molecule has 3 aromatic rings. The fraction of sp³-hybridized carbons (Fsp3) is 0.348. The van der Waals surface area contributed by atoms with Crippen molar-refractivity contribution < 1.29 is 29.9 Å². The van der Waals surface area contributed by atoms with Gasteiger partial charge in [-0.05, 0) is 23.3 Å². The number of aromatic nitrogens is 1. The van der Waals surface area contributed by atoms with Crippen molar-refractivity contribution in [3.8, 4) is 16.2 Å². The SMILES string of the molecule is COc1cc(Cl)c(Cc2ncc(-c3ccccc3)s2)cc1[C@@H]1O[C@H](CO)[C@@H](O)[C@H](O)[C@H]1O. The number of nitrogens with zero attached hydrogens (tertiary/aromatic N) is 1. The number of thiazole rings is 1. The molecule has 1 aromatic heterocycles. The zero-order valence-electron chi connectivity index (χ0n) is 17.3. The summed E-state index contributed by atoms with van der Waals surface area (Å²) in [5.41, 5.74) is 2.29. The van der Waals surface area contributed by atoms with Crippen molar-refractivity contribution in [1.82, 2.24) is 4.98 Å². The van der Waals surface area contributed by atoms with Gasteiger partial charge in [0.05, 0.1) is 23.6 Å². The molecule has 2 aromatic carbocycles. The van der Waals surface area contributed by atoms with E-state index in [2.05, 4.69) is 4.98 Å². The van der Waals surface area contributed by atoms with Crippen LogP contribution in [0.2, 0.25) is 5.02 Å². The standard InChI is InChI=1S/C23H24ClNO6S/c1-30-16-9-15(24)13(8-19-25-10-18(32-19)12-5-3-2-4-6-12)7-14(16)23-22(29)21(28)20(27)17(11-26)31-23/h2-7,9-10,17,20-23,26-29H,8,11H2,1H3/t17-,20-,21+,22-,23+/m1/s1. The first kappa shape index (κ1) is 23.1. The van der Waals surface area contributed by atoms with Crippen LogP contribution >= 0.6 is 22.9 Å². The monoisotopic (exact) mass is 477 g/mol. The molecule has 2 heterocycles. The van der Waals surface area contributed by atoms with Crippen LogP contribution in [0, 0.1) is 0 Å². The zero-order chi connectivity index (χ0) is 22.8. The maximum Gasteiger partial charge on any atom is 0.126 e. The summed E-state index contributed by atoms with van der Waals surface area (Å²) in [6.07, 6.45) is -4.10. The van der Waals surface area contributed by atoms with E-state index in [9.17, 15) is 20.4 Å². The maximum atomic E-state index is 10.6. The fourth-order valence-electron chi connectivity index (χ4n) is 3.80. The molecule has 170 valence electrons. The van der Waals surface area contributed by atoms with Gasteiger partial charge < -0.3 is 29.9 Å². The Morgan fingerprint density at radius 1 is 1.09 bits per heavy atom. The summed E-state index contributed by atoms with van der Waals surface area (Å²) in [6.45, 7) is -0.508. The van der Waals surface area contributed by atoms with Gasteiger partial charge in [0.25, 0.3) is 0 Å². The molecular formula is C23H24ClNO6S. The molecular weight excluding hydrogens is 454 g/mol. The summed E-state index contributed by atoms with van der Waals surface area (Å²) in [4.78, 5) is 5.56. The first-order chi connectivity index (χ1) is 15.4. The Morgan fingerprint density at radius 3 is 2.53 bits per heavy atom. The van der Waals surface area contributed by atoms with Gasteiger partial charge in [0, 0.05) is 23.2 Å². The van der Waals surface area contributed by atoms with Crippen LogP contribution in [0.3, 0.4) is 0 Å². The van der Waals surface area contributed by atoms with Crippen LogP contribution in [-0.2, 0) is 11.2 Å². The minimum Gasteiger partial charge on any atom is -0.496 e. The molecule has 0 amide bonds. The van der Waals surface area contributed by atoms with E-state index >= 15 is 0 Å². The molecule has 1 aliphatic rings. The number of halogens is 1. The Balaban J connectivity index is 1.65. The van der Waals surface area contributed by atoms with Gasteiger partial charge in [-0.1, -0.05) is 41.9 Å². The largest absolute Gasteiger partial charge is 0.496 e. The molecule has 9 heteroatoms. The predicted octanol–water partition coefficient (Wildman–Crippen LogP) is 2.58. The summed E-state index contributed by atoms with van der Waals surface area (Å²) in [6, 6.07) is 13.3. The minimum absolute atomic E-state index is 0.368. The highest BCUT2D eigenvalue weighted by Crippen LogP contribution is 2.40. The molecule has 0 spiro atoms. The molecule has 32 heavy (non-hydrogen) atoms. The van der Waals surface area contributed by atoms with E-state index < -0.39 is 37.1 Å². The minimum atomic E-state index is -1.48. The van der Waals surface area contributed by atoms with Gasteiger partial charge in [-0.2, -0.15) is 0 Å². The third-order valence-corrected chi connectivity index (χ3v) is 6.95. The highest BCUT2D eigenvalue weighted by Gasteiger charge is 2.45. The van der Waals surface area contributed by atoms with Gasteiger partial charge in [-0.25, -0.2) is 4.98 Å². The summed E-state index contributed by atoms with van der Waals surface area (Å²) in [7, 11) is 1.46. The van der Waals surface area contributed by atoms with E-state index in [1.165, 1.54) is 7.11 Å². The lowest BCUT2D eigenvalue weighted by Gasteiger charge is -2.40. The summed E-state index contributed by atoms with van der Waals surface area (Å²) < 4.78 is 11.2. The fourth-order valence-corrected chi connectivity index (χ4v) is 4.97. The molecule has 0 saturated carbocycles. The lowest BCUT2D eigenvalue weighted by molar-refractivity contribution is -0.232. The highest BCUT2D eigenvalue weighted by atomic mass is 35.5. The second-order valence-corrected chi connectivity index (χ2v) is 9.12. The first-order valence-electron chi connectivity index (χ1n) is 10.1. The van der Waals surface area contributed by atoms with E-state index in [1.807, 2.05) is 36.5 Å². The number of methoxy groups -OCH3 is 1. The lowest BCUT2D eigenvalue weighted by atomic mass is 9.90. The number of rotatable bonds is 6. The smallest absolute Gasteiger partial charge is 0.126 e. The molecule has 5 atom stereocenters. The van der Waals surface area contributed by atoms with Gasteiger partial charge >= 0.3 is 0 Å². The number of hydrogen-bond acceptors (Lipinski definition) is 8. The third-order valence-electron chi connectivity index (χ3n) is 5.55. The molecule has 0 aliphatic carbocycles. The summed E-state index contributed by atoms with van der Waals surface area (Å²) >= 11 is 8.06. The van der Waals surface area contributed by atoms with Crippen molar-refractivity contribution in [2.24, 2.45) is 0 Å². The molecule has 1 fully saturated rings. The van der Waals surface area contributed by atoms with E-state index in [-0.39, 0.29) is 0 Å². The molecule has 0 unspecified atom stereocenters. The average molecular weight is 478 g/mol. The molecule has 1 saturated heterocycles. The van der Waals surface area contributed by atoms with Crippen molar-refractivity contribution in [3.05, 3.63) is 69.8 Å². The number of benzene rings is 2. The number of hydrogen-bond donors (Lipinski definition) is 4. The number of aliphatic hydroxyl groups is 4.